The summed E-state index contributed by atoms with van der Waals surface area (Å²) in [5.41, 5.74) is -1.01. The minimum Gasteiger partial charge on any atom is -0.422 e. The fourth-order valence-corrected chi connectivity index (χ4v) is 3.00. The molecule has 0 aromatic heterocycles. The topological polar surface area (TPSA) is 52.6 Å². The van der Waals surface area contributed by atoms with Gasteiger partial charge in [0.25, 0.3) is 5.79 Å². The van der Waals surface area contributed by atoms with Crippen LogP contribution in [0, 0.1) is 17.3 Å². The molecule has 1 saturated heterocycles. The molecule has 0 aromatic rings. The van der Waals surface area contributed by atoms with Crippen LogP contribution in [0.4, 0.5) is 0 Å². The number of fused-ring (bicyclic) bond motifs is 3. The summed E-state index contributed by atoms with van der Waals surface area (Å²) < 4.78 is 10.4. The van der Waals surface area contributed by atoms with Crippen LogP contribution < -0.4 is 0 Å². The van der Waals surface area contributed by atoms with Crippen molar-refractivity contribution in [1.82, 2.24) is 0 Å². The third kappa shape index (κ3) is 0.996. The molecule has 0 radical (unpaired) electrons. The molecule has 16 heavy (non-hydrogen) atoms. The van der Waals surface area contributed by atoms with Crippen molar-refractivity contribution in [3.63, 3.8) is 0 Å². The fourth-order valence-electron chi connectivity index (χ4n) is 3.00. The monoisotopic (exact) mass is 222 g/mol. The van der Waals surface area contributed by atoms with Gasteiger partial charge in [0.15, 0.2) is 5.41 Å². The molecule has 1 aliphatic heterocycles. The lowest BCUT2D eigenvalue weighted by Crippen LogP contribution is -2.49. The highest BCUT2D eigenvalue weighted by molar-refractivity contribution is 6.06. The first-order valence-corrected chi connectivity index (χ1v) is 5.62. The van der Waals surface area contributed by atoms with Gasteiger partial charge in [0.05, 0.1) is 0 Å². The van der Waals surface area contributed by atoms with Gasteiger partial charge < -0.3 is 9.47 Å². The van der Waals surface area contributed by atoms with Gasteiger partial charge in [-0.25, -0.2) is 0 Å². The van der Waals surface area contributed by atoms with Crippen LogP contribution >= 0.6 is 0 Å². The molecular formula is C12H14O4. The number of carbonyl (C=O) groups excluding carboxylic acids is 2. The smallest absolute Gasteiger partial charge is 0.327 e. The first kappa shape index (κ1) is 9.87. The average Bonchev–Trinajstić information content (AvgIpc) is 2.83. The molecule has 0 amide bonds. The second-order valence-electron chi connectivity index (χ2n) is 5.19. The van der Waals surface area contributed by atoms with Crippen molar-refractivity contribution in [2.24, 2.45) is 17.3 Å². The van der Waals surface area contributed by atoms with Crippen molar-refractivity contribution in [2.45, 2.75) is 32.5 Å². The number of rotatable bonds is 0. The zero-order chi connectivity index (χ0) is 11.6. The van der Waals surface area contributed by atoms with E-state index < -0.39 is 23.1 Å². The normalized spacial score (nSPS) is 37.6. The highest BCUT2D eigenvalue weighted by Crippen LogP contribution is 2.66. The number of hydrogen-bond acceptors (Lipinski definition) is 4. The molecule has 0 bridgehead atoms. The van der Waals surface area contributed by atoms with Crippen LogP contribution in [-0.4, -0.2) is 17.7 Å². The predicted molar refractivity (Wildman–Crippen MR) is 54.1 cm³/mol. The molecule has 86 valence electrons. The number of carbonyl (C=O) groups is 2. The van der Waals surface area contributed by atoms with E-state index in [4.69, 9.17) is 9.47 Å². The quantitative estimate of drug-likeness (QED) is 0.353. The second-order valence-corrected chi connectivity index (χ2v) is 5.19. The molecule has 2 fully saturated rings. The van der Waals surface area contributed by atoms with Gasteiger partial charge in [-0.3, -0.25) is 9.59 Å². The molecule has 4 heteroatoms. The van der Waals surface area contributed by atoms with Gasteiger partial charge in [0.1, 0.15) is 0 Å². The average molecular weight is 222 g/mol. The van der Waals surface area contributed by atoms with Crippen molar-refractivity contribution < 1.29 is 19.1 Å². The summed E-state index contributed by atoms with van der Waals surface area (Å²) in [6.07, 6.45) is 5.77. The molecule has 0 N–H and O–H groups in total. The molecule has 4 nitrogen and oxygen atoms in total. The first-order valence-electron chi connectivity index (χ1n) is 5.62. The van der Waals surface area contributed by atoms with Crippen LogP contribution in [0.1, 0.15) is 26.7 Å². The third-order valence-electron chi connectivity index (χ3n) is 3.78. The Morgan fingerprint density at radius 3 is 2.38 bits per heavy atom. The van der Waals surface area contributed by atoms with Crippen molar-refractivity contribution >= 4 is 11.9 Å². The summed E-state index contributed by atoms with van der Waals surface area (Å²) in [4.78, 5) is 24.0. The Kier molecular flexibility index (Phi) is 1.65. The largest absolute Gasteiger partial charge is 0.422 e. The van der Waals surface area contributed by atoms with E-state index in [0.717, 1.165) is 12.8 Å². The second kappa shape index (κ2) is 2.67. The third-order valence-corrected chi connectivity index (χ3v) is 3.78. The maximum Gasteiger partial charge on any atom is 0.327 e. The van der Waals surface area contributed by atoms with Crippen LogP contribution in [0.5, 0.6) is 0 Å². The Bertz CT molecular complexity index is 387. The summed E-state index contributed by atoms with van der Waals surface area (Å²) in [7, 11) is 0. The van der Waals surface area contributed by atoms with Gasteiger partial charge >= 0.3 is 11.9 Å². The van der Waals surface area contributed by atoms with E-state index in [1.807, 2.05) is 12.2 Å². The van der Waals surface area contributed by atoms with Gasteiger partial charge in [0, 0.05) is 19.8 Å². The highest BCUT2D eigenvalue weighted by Gasteiger charge is 2.77. The van der Waals surface area contributed by atoms with Crippen LogP contribution in [0.15, 0.2) is 12.2 Å². The van der Waals surface area contributed by atoms with Gasteiger partial charge in [-0.1, -0.05) is 12.2 Å². The minimum absolute atomic E-state index is 0.00245. The Balaban J connectivity index is 1.96. The van der Waals surface area contributed by atoms with E-state index in [1.165, 1.54) is 0 Å². The lowest BCUT2D eigenvalue weighted by Gasteiger charge is -2.33. The standard InChI is InChI=1S/C12H14O4/c1-11(2)15-9(13)12(10(14)16-11)7-5-3-4-6-8(7)12/h3,5,7-8H,4,6H2,1-2H3/t7-,8+/m1/s1. The highest BCUT2D eigenvalue weighted by atomic mass is 16.7. The van der Waals surface area contributed by atoms with E-state index >= 15 is 0 Å². The first-order chi connectivity index (χ1) is 7.48. The van der Waals surface area contributed by atoms with Gasteiger partial charge in [-0.05, 0) is 18.8 Å². The number of cyclic esters (lactones) is 2. The Labute approximate surface area is 93.6 Å². The van der Waals surface area contributed by atoms with Crippen molar-refractivity contribution in [1.29, 1.82) is 0 Å². The van der Waals surface area contributed by atoms with Crippen LogP contribution in [-0.2, 0) is 19.1 Å². The van der Waals surface area contributed by atoms with Crippen LogP contribution in [0.2, 0.25) is 0 Å². The van der Waals surface area contributed by atoms with Gasteiger partial charge in [-0.15, -0.1) is 0 Å². The molecule has 3 aliphatic rings. The molecule has 2 aliphatic carbocycles. The zero-order valence-electron chi connectivity index (χ0n) is 9.36. The molecule has 0 aromatic carbocycles. The van der Waals surface area contributed by atoms with Gasteiger partial charge in [-0.2, -0.15) is 0 Å². The summed E-state index contributed by atoms with van der Waals surface area (Å²) in [5, 5.41) is 0. The molecule has 3 rings (SSSR count). The number of allylic oxidation sites excluding steroid dienone is 2. The summed E-state index contributed by atoms with van der Waals surface area (Å²) in [6.45, 7) is 3.16. The zero-order valence-corrected chi connectivity index (χ0v) is 9.36. The lowest BCUT2D eigenvalue weighted by atomic mass is 10.00. The van der Waals surface area contributed by atoms with E-state index in [2.05, 4.69) is 0 Å². The van der Waals surface area contributed by atoms with Crippen LogP contribution in [0.25, 0.3) is 0 Å². The van der Waals surface area contributed by atoms with E-state index in [0.29, 0.717) is 0 Å². The Morgan fingerprint density at radius 2 is 1.88 bits per heavy atom. The SMILES string of the molecule is CC1(C)OC(=O)C2(C(=O)O1)[C@@H]1C=CCC[C@@H]12. The Hall–Kier alpha value is -1.32. The summed E-state index contributed by atoms with van der Waals surface area (Å²) in [6, 6.07) is 0. The molecule has 1 heterocycles. The van der Waals surface area contributed by atoms with E-state index in [1.54, 1.807) is 13.8 Å². The van der Waals surface area contributed by atoms with E-state index in [-0.39, 0.29) is 11.8 Å². The van der Waals surface area contributed by atoms with Crippen molar-refractivity contribution in [3.05, 3.63) is 12.2 Å². The predicted octanol–water partition coefficient (Wildman–Crippen LogP) is 1.40. The number of ether oxygens (including phenoxy) is 2. The van der Waals surface area contributed by atoms with Crippen LogP contribution in [0.3, 0.4) is 0 Å². The maximum absolute atomic E-state index is 12.0. The fraction of sp³-hybridized carbons (Fsp3) is 0.667. The summed E-state index contributed by atoms with van der Waals surface area (Å²) in [5.74, 6) is -1.84. The molecule has 1 spiro atoms. The number of hydrogen-bond donors (Lipinski definition) is 0. The minimum atomic E-state index is -1.12. The number of esters is 2. The van der Waals surface area contributed by atoms with E-state index in [9.17, 15) is 9.59 Å². The maximum atomic E-state index is 12.0. The molecule has 0 unspecified atom stereocenters. The Morgan fingerprint density at radius 1 is 1.25 bits per heavy atom. The summed E-state index contributed by atoms with van der Waals surface area (Å²) >= 11 is 0. The van der Waals surface area contributed by atoms with Crippen molar-refractivity contribution in [3.8, 4) is 0 Å². The molecular weight excluding hydrogens is 208 g/mol. The molecule has 1 saturated carbocycles. The van der Waals surface area contributed by atoms with Gasteiger partial charge in [0.2, 0.25) is 0 Å². The molecule has 2 atom stereocenters. The van der Waals surface area contributed by atoms with Crippen molar-refractivity contribution in [2.75, 3.05) is 0 Å². The lowest BCUT2D eigenvalue weighted by molar-refractivity contribution is -0.244.